The van der Waals surface area contributed by atoms with E-state index in [9.17, 15) is 4.79 Å². The van der Waals surface area contributed by atoms with Crippen LogP contribution in [0.5, 0.6) is 0 Å². The van der Waals surface area contributed by atoms with E-state index in [2.05, 4.69) is 5.32 Å². The molecule has 21 heavy (non-hydrogen) atoms. The molecule has 1 aliphatic carbocycles. The normalized spacial score (nSPS) is 15.5. The van der Waals surface area contributed by atoms with Gasteiger partial charge in [0.15, 0.2) is 0 Å². The van der Waals surface area contributed by atoms with Gasteiger partial charge in [0.2, 0.25) is 0 Å². The fourth-order valence-corrected chi connectivity index (χ4v) is 2.63. The van der Waals surface area contributed by atoms with Gasteiger partial charge in [0.25, 0.3) is 5.91 Å². The average Bonchev–Trinajstić information content (AvgIpc) is 3.31. The number of amides is 1. The summed E-state index contributed by atoms with van der Waals surface area (Å²) >= 11 is 5.94. The molecule has 0 radical (unpaired) electrons. The van der Waals surface area contributed by atoms with Crippen molar-refractivity contribution < 1.29 is 4.79 Å². The number of aryl methyl sites for hydroxylation is 1. The standard InChI is InChI=1S/C18H18ClNO/c1-12-2-4-15(5-3-12)18(21)20-17(13-6-7-13)14-8-10-16(19)11-9-14/h2-5,8-11,13,17H,6-7H2,1H3,(H,20,21)/t17-/m1/s1. The fourth-order valence-electron chi connectivity index (χ4n) is 2.50. The maximum absolute atomic E-state index is 12.4. The van der Waals surface area contributed by atoms with Crippen LogP contribution in [-0.2, 0) is 0 Å². The van der Waals surface area contributed by atoms with Gasteiger partial charge in [-0.15, -0.1) is 0 Å². The van der Waals surface area contributed by atoms with Crippen molar-refractivity contribution in [3.63, 3.8) is 0 Å². The van der Waals surface area contributed by atoms with Gasteiger partial charge < -0.3 is 5.32 Å². The molecular formula is C18H18ClNO. The first-order valence-electron chi connectivity index (χ1n) is 7.26. The van der Waals surface area contributed by atoms with Gasteiger partial charge in [0.05, 0.1) is 6.04 Å². The monoisotopic (exact) mass is 299 g/mol. The van der Waals surface area contributed by atoms with E-state index in [1.807, 2.05) is 55.5 Å². The molecule has 1 atom stereocenters. The topological polar surface area (TPSA) is 29.1 Å². The van der Waals surface area contributed by atoms with E-state index in [4.69, 9.17) is 11.6 Å². The molecule has 0 unspecified atom stereocenters. The van der Waals surface area contributed by atoms with E-state index in [0.717, 1.165) is 16.1 Å². The maximum Gasteiger partial charge on any atom is 0.251 e. The number of hydrogen-bond acceptors (Lipinski definition) is 1. The number of carbonyl (C=O) groups is 1. The van der Waals surface area contributed by atoms with Gasteiger partial charge >= 0.3 is 0 Å². The summed E-state index contributed by atoms with van der Waals surface area (Å²) < 4.78 is 0. The Morgan fingerprint density at radius 2 is 1.71 bits per heavy atom. The summed E-state index contributed by atoms with van der Waals surface area (Å²) in [7, 11) is 0. The highest BCUT2D eigenvalue weighted by Gasteiger charge is 2.33. The molecule has 0 heterocycles. The lowest BCUT2D eigenvalue weighted by Crippen LogP contribution is -2.29. The van der Waals surface area contributed by atoms with Crippen LogP contribution in [0.1, 0.15) is 40.4 Å². The molecule has 2 aromatic carbocycles. The Hall–Kier alpha value is -1.80. The molecule has 0 aliphatic heterocycles. The molecule has 0 spiro atoms. The van der Waals surface area contributed by atoms with E-state index in [-0.39, 0.29) is 11.9 Å². The zero-order chi connectivity index (χ0) is 14.8. The van der Waals surface area contributed by atoms with Crippen LogP contribution in [0.4, 0.5) is 0 Å². The Balaban J connectivity index is 1.77. The molecule has 2 nitrogen and oxygen atoms in total. The molecule has 0 aromatic heterocycles. The number of carbonyl (C=O) groups excluding carboxylic acids is 1. The van der Waals surface area contributed by atoms with Crippen molar-refractivity contribution in [1.82, 2.24) is 5.32 Å². The largest absolute Gasteiger partial charge is 0.345 e. The Kier molecular flexibility index (Phi) is 3.98. The van der Waals surface area contributed by atoms with Gasteiger partial charge in [-0.05, 0) is 55.5 Å². The molecule has 3 heteroatoms. The quantitative estimate of drug-likeness (QED) is 0.883. The minimum absolute atomic E-state index is 0.0122. The van der Waals surface area contributed by atoms with E-state index in [1.54, 1.807) is 0 Å². The Labute approximate surface area is 130 Å². The SMILES string of the molecule is Cc1ccc(C(=O)N[C@@H](c2ccc(Cl)cc2)C2CC2)cc1. The lowest BCUT2D eigenvalue weighted by molar-refractivity contribution is 0.0931. The smallest absolute Gasteiger partial charge is 0.251 e. The third-order valence-electron chi connectivity index (χ3n) is 3.92. The summed E-state index contributed by atoms with van der Waals surface area (Å²) in [6.07, 6.45) is 2.34. The number of rotatable bonds is 4. The van der Waals surface area contributed by atoms with E-state index < -0.39 is 0 Å². The summed E-state index contributed by atoms with van der Waals surface area (Å²) in [6.45, 7) is 2.02. The van der Waals surface area contributed by atoms with Crippen molar-refractivity contribution in [2.45, 2.75) is 25.8 Å². The lowest BCUT2D eigenvalue weighted by atomic mass is 10.0. The van der Waals surface area contributed by atoms with Gasteiger partial charge in [-0.25, -0.2) is 0 Å². The molecule has 2 aromatic rings. The Morgan fingerprint density at radius 3 is 2.29 bits per heavy atom. The zero-order valence-corrected chi connectivity index (χ0v) is 12.7. The van der Waals surface area contributed by atoms with Crippen LogP contribution in [-0.4, -0.2) is 5.91 Å². The van der Waals surface area contributed by atoms with Crippen molar-refractivity contribution >= 4 is 17.5 Å². The first-order valence-corrected chi connectivity index (χ1v) is 7.64. The summed E-state index contributed by atoms with van der Waals surface area (Å²) in [5.74, 6) is 0.530. The summed E-state index contributed by atoms with van der Waals surface area (Å²) in [5, 5.41) is 3.89. The molecule has 1 N–H and O–H groups in total. The summed E-state index contributed by atoms with van der Waals surface area (Å²) in [4.78, 5) is 12.4. The molecule has 0 bridgehead atoms. The van der Waals surface area contributed by atoms with Crippen molar-refractivity contribution in [3.05, 3.63) is 70.2 Å². The van der Waals surface area contributed by atoms with Crippen LogP contribution >= 0.6 is 11.6 Å². The first-order chi connectivity index (χ1) is 10.1. The third kappa shape index (κ3) is 3.45. The van der Waals surface area contributed by atoms with Crippen LogP contribution < -0.4 is 5.32 Å². The van der Waals surface area contributed by atoms with Gasteiger partial charge in [-0.1, -0.05) is 41.4 Å². The van der Waals surface area contributed by atoms with E-state index >= 15 is 0 Å². The first kappa shape index (κ1) is 14.2. The second kappa shape index (κ2) is 5.90. The highest BCUT2D eigenvalue weighted by Crippen LogP contribution is 2.41. The second-order valence-electron chi connectivity index (χ2n) is 5.71. The number of nitrogens with one attached hydrogen (secondary N) is 1. The Bertz CT molecular complexity index is 629. The molecule has 3 rings (SSSR count). The minimum Gasteiger partial charge on any atom is -0.345 e. The minimum atomic E-state index is -0.0122. The predicted molar refractivity (Wildman–Crippen MR) is 85.6 cm³/mol. The summed E-state index contributed by atoms with van der Waals surface area (Å²) in [6, 6.07) is 15.5. The average molecular weight is 300 g/mol. The highest BCUT2D eigenvalue weighted by atomic mass is 35.5. The molecule has 1 saturated carbocycles. The van der Waals surface area contributed by atoms with Gasteiger partial charge in [0, 0.05) is 10.6 Å². The highest BCUT2D eigenvalue weighted by molar-refractivity contribution is 6.30. The molecular weight excluding hydrogens is 282 g/mol. The summed E-state index contributed by atoms with van der Waals surface area (Å²) in [5.41, 5.74) is 2.99. The van der Waals surface area contributed by atoms with Crippen molar-refractivity contribution in [3.8, 4) is 0 Å². The van der Waals surface area contributed by atoms with Gasteiger partial charge in [-0.3, -0.25) is 4.79 Å². The zero-order valence-electron chi connectivity index (χ0n) is 12.0. The van der Waals surface area contributed by atoms with Crippen LogP contribution in [0.25, 0.3) is 0 Å². The number of benzene rings is 2. The van der Waals surface area contributed by atoms with Crippen molar-refractivity contribution in [2.24, 2.45) is 5.92 Å². The molecule has 1 fully saturated rings. The predicted octanol–water partition coefficient (Wildman–Crippen LogP) is 4.53. The molecule has 108 valence electrons. The van der Waals surface area contributed by atoms with Crippen molar-refractivity contribution in [2.75, 3.05) is 0 Å². The van der Waals surface area contributed by atoms with Crippen LogP contribution in [0.2, 0.25) is 5.02 Å². The van der Waals surface area contributed by atoms with Crippen LogP contribution in [0.15, 0.2) is 48.5 Å². The fraction of sp³-hybridized carbons (Fsp3) is 0.278. The van der Waals surface area contributed by atoms with E-state index in [1.165, 1.54) is 12.8 Å². The molecule has 1 amide bonds. The van der Waals surface area contributed by atoms with Gasteiger partial charge in [0.1, 0.15) is 0 Å². The van der Waals surface area contributed by atoms with Crippen LogP contribution in [0, 0.1) is 12.8 Å². The number of halogens is 1. The Morgan fingerprint density at radius 1 is 1.10 bits per heavy atom. The van der Waals surface area contributed by atoms with E-state index in [0.29, 0.717) is 11.5 Å². The maximum atomic E-state index is 12.4. The molecule has 1 aliphatic rings. The lowest BCUT2D eigenvalue weighted by Gasteiger charge is -2.19. The molecule has 0 saturated heterocycles. The van der Waals surface area contributed by atoms with Crippen LogP contribution in [0.3, 0.4) is 0 Å². The van der Waals surface area contributed by atoms with Gasteiger partial charge in [-0.2, -0.15) is 0 Å². The van der Waals surface area contributed by atoms with Crippen molar-refractivity contribution in [1.29, 1.82) is 0 Å². The third-order valence-corrected chi connectivity index (χ3v) is 4.17. The number of hydrogen-bond donors (Lipinski definition) is 1. The second-order valence-corrected chi connectivity index (χ2v) is 6.14.